The first kappa shape index (κ1) is 17.9. The summed E-state index contributed by atoms with van der Waals surface area (Å²) in [7, 11) is 0. The number of carbonyl (C=O) groups is 1. The number of amides is 1. The van der Waals surface area contributed by atoms with Gasteiger partial charge >= 0.3 is 0 Å². The highest BCUT2D eigenvalue weighted by molar-refractivity contribution is 5.91. The zero-order valence-corrected chi connectivity index (χ0v) is 15.2. The lowest BCUT2D eigenvalue weighted by Crippen LogP contribution is -2.21. The summed E-state index contributed by atoms with van der Waals surface area (Å²) in [5.41, 5.74) is 2.29. The van der Waals surface area contributed by atoms with Crippen molar-refractivity contribution in [3.8, 4) is 5.75 Å². The molecule has 136 valence electrons. The molecule has 0 aliphatic carbocycles. The van der Waals surface area contributed by atoms with Crippen molar-refractivity contribution < 1.29 is 18.4 Å². The van der Waals surface area contributed by atoms with E-state index in [4.69, 9.17) is 13.6 Å². The summed E-state index contributed by atoms with van der Waals surface area (Å²) in [5.74, 6) is 2.47. The second kappa shape index (κ2) is 7.95. The molecule has 0 saturated heterocycles. The fraction of sp³-hybridized carbons (Fsp3) is 0.286. The SMILES string of the molecule is Cc1ccc(C(C)C)c(OCc2ccc(C(=O)NCc3ccco3)o2)c1. The third-order valence-electron chi connectivity index (χ3n) is 4.05. The molecule has 0 spiro atoms. The Morgan fingerprint density at radius 2 is 2.00 bits per heavy atom. The van der Waals surface area contributed by atoms with E-state index < -0.39 is 0 Å². The zero-order chi connectivity index (χ0) is 18.5. The second-order valence-electron chi connectivity index (χ2n) is 6.51. The van der Waals surface area contributed by atoms with Crippen LogP contribution in [0.1, 0.15) is 53.0 Å². The van der Waals surface area contributed by atoms with Crippen LogP contribution in [0.3, 0.4) is 0 Å². The van der Waals surface area contributed by atoms with Gasteiger partial charge in [0.05, 0.1) is 12.8 Å². The Bertz CT molecular complexity index is 862. The molecule has 5 nitrogen and oxygen atoms in total. The molecule has 0 atom stereocenters. The first-order valence-corrected chi connectivity index (χ1v) is 8.65. The van der Waals surface area contributed by atoms with Crippen molar-refractivity contribution in [1.29, 1.82) is 0 Å². The van der Waals surface area contributed by atoms with Crippen LogP contribution in [-0.4, -0.2) is 5.91 Å². The summed E-state index contributed by atoms with van der Waals surface area (Å²) >= 11 is 0. The number of carbonyl (C=O) groups excluding carboxylic acids is 1. The zero-order valence-electron chi connectivity index (χ0n) is 15.2. The van der Waals surface area contributed by atoms with Gasteiger partial charge in [-0.25, -0.2) is 0 Å². The summed E-state index contributed by atoms with van der Waals surface area (Å²) in [6, 6.07) is 13.2. The predicted octanol–water partition coefficient (Wildman–Crippen LogP) is 4.81. The minimum absolute atomic E-state index is 0.253. The maximum absolute atomic E-state index is 12.1. The molecule has 3 aromatic rings. The summed E-state index contributed by atoms with van der Waals surface area (Å²) in [5, 5.41) is 2.75. The Hall–Kier alpha value is -2.95. The largest absolute Gasteiger partial charge is 0.485 e. The van der Waals surface area contributed by atoms with Gasteiger partial charge in [-0.1, -0.05) is 26.0 Å². The first-order chi connectivity index (χ1) is 12.5. The fourth-order valence-corrected chi connectivity index (χ4v) is 2.64. The molecule has 1 amide bonds. The van der Waals surface area contributed by atoms with Crippen LogP contribution in [0.2, 0.25) is 0 Å². The second-order valence-corrected chi connectivity index (χ2v) is 6.51. The minimum Gasteiger partial charge on any atom is -0.485 e. The van der Waals surface area contributed by atoms with Gasteiger partial charge in [0.2, 0.25) is 0 Å². The van der Waals surface area contributed by atoms with Crippen LogP contribution in [-0.2, 0) is 13.2 Å². The molecular formula is C21H23NO4. The molecule has 0 bridgehead atoms. The number of aryl methyl sites for hydroxylation is 1. The molecular weight excluding hydrogens is 330 g/mol. The monoisotopic (exact) mass is 353 g/mol. The quantitative estimate of drug-likeness (QED) is 0.662. The van der Waals surface area contributed by atoms with E-state index in [0.717, 1.165) is 16.9 Å². The molecule has 0 unspecified atom stereocenters. The smallest absolute Gasteiger partial charge is 0.287 e. The molecule has 1 N–H and O–H groups in total. The van der Waals surface area contributed by atoms with E-state index >= 15 is 0 Å². The highest BCUT2D eigenvalue weighted by atomic mass is 16.5. The van der Waals surface area contributed by atoms with Crippen LogP contribution in [0.25, 0.3) is 0 Å². The summed E-state index contributed by atoms with van der Waals surface area (Å²) in [4.78, 5) is 12.1. The van der Waals surface area contributed by atoms with Gasteiger partial charge in [-0.15, -0.1) is 0 Å². The summed E-state index contributed by atoms with van der Waals surface area (Å²) in [6.45, 7) is 6.89. The Morgan fingerprint density at radius 1 is 1.15 bits per heavy atom. The summed E-state index contributed by atoms with van der Waals surface area (Å²) < 4.78 is 16.7. The number of hydrogen-bond donors (Lipinski definition) is 1. The van der Waals surface area contributed by atoms with Crippen molar-refractivity contribution in [2.45, 2.75) is 39.8 Å². The standard InChI is InChI=1S/C21H23NO4/c1-14(2)18-8-6-15(3)11-20(18)25-13-17-7-9-19(26-17)21(23)22-12-16-5-4-10-24-16/h4-11,14H,12-13H2,1-3H3,(H,22,23). The minimum atomic E-state index is -0.286. The van der Waals surface area contributed by atoms with E-state index in [2.05, 4.69) is 31.3 Å². The van der Waals surface area contributed by atoms with Crippen LogP contribution in [0.15, 0.2) is 57.6 Å². The van der Waals surface area contributed by atoms with E-state index in [1.165, 1.54) is 0 Å². The predicted molar refractivity (Wildman–Crippen MR) is 98.2 cm³/mol. The van der Waals surface area contributed by atoms with Crippen LogP contribution in [0.4, 0.5) is 0 Å². The normalized spacial score (nSPS) is 10.9. The van der Waals surface area contributed by atoms with Crippen LogP contribution in [0, 0.1) is 6.92 Å². The molecule has 0 aliphatic heterocycles. The van der Waals surface area contributed by atoms with Gasteiger partial charge in [0.15, 0.2) is 5.76 Å². The Kier molecular flexibility index (Phi) is 5.46. The van der Waals surface area contributed by atoms with Crippen LogP contribution >= 0.6 is 0 Å². The molecule has 0 saturated carbocycles. The van der Waals surface area contributed by atoms with E-state index in [0.29, 0.717) is 24.0 Å². The number of ether oxygens (including phenoxy) is 1. The number of furan rings is 2. The maximum Gasteiger partial charge on any atom is 0.287 e. The fourth-order valence-electron chi connectivity index (χ4n) is 2.64. The van der Waals surface area contributed by atoms with Crippen molar-refractivity contribution in [3.63, 3.8) is 0 Å². The summed E-state index contributed by atoms with van der Waals surface area (Å²) in [6.07, 6.45) is 1.57. The van der Waals surface area contributed by atoms with E-state index in [1.807, 2.05) is 13.0 Å². The topological polar surface area (TPSA) is 64.6 Å². The van der Waals surface area contributed by atoms with Gasteiger partial charge in [0.1, 0.15) is 23.9 Å². The Balaban J connectivity index is 1.60. The van der Waals surface area contributed by atoms with Gasteiger partial charge in [-0.2, -0.15) is 0 Å². The van der Waals surface area contributed by atoms with E-state index in [9.17, 15) is 4.79 Å². The molecule has 3 rings (SSSR count). The van der Waals surface area contributed by atoms with Gasteiger partial charge in [0.25, 0.3) is 5.91 Å². The number of nitrogens with one attached hydrogen (secondary N) is 1. The van der Waals surface area contributed by atoms with Crippen molar-refractivity contribution in [3.05, 3.63) is 77.1 Å². The molecule has 2 heterocycles. The third-order valence-corrected chi connectivity index (χ3v) is 4.05. The lowest BCUT2D eigenvalue weighted by Gasteiger charge is -2.14. The van der Waals surface area contributed by atoms with Gasteiger partial charge < -0.3 is 18.9 Å². The highest BCUT2D eigenvalue weighted by Crippen LogP contribution is 2.28. The molecule has 0 fully saturated rings. The lowest BCUT2D eigenvalue weighted by atomic mass is 10.0. The van der Waals surface area contributed by atoms with Crippen molar-refractivity contribution in [2.75, 3.05) is 0 Å². The molecule has 0 aliphatic rings. The number of rotatable bonds is 7. The van der Waals surface area contributed by atoms with Gasteiger partial charge in [-0.05, 0) is 54.3 Å². The molecule has 2 aromatic heterocycles. The van der Waals surface area contributed by atoms with Crippen molar-refractivity contribution >= 4 is 5.91 Å². The van der Waals surface area contributed by atoms with Crippen molar-refractivity contribution in [1.82, 2.24) is 5.32 Å². The van der Waals surface area contributed by atoms with Gasteiger partial charge in [-0.3, -0.25) is 4.79 Å². The lowest BCUT2D eigenvalue weighted by molar-refractivity contribution is 0.0916. The van der Waals surface area contributed by atoms with E-state index in [-0.39, 0.29) is 18.3 Å². The van der Waals surface area contributed by atoms with Crippen LogP contribution in [0.5, 0.6) is 5.75 Å². The highest BCUT2D eigenvalue weighted by Gasteiger charge is 2.13. The maximum atomic E-state index is 12.1. The third kappa shape index (κ3) is 4.36. The van der Waals surface area contributed by atoms with E-state index in [1.54, 1.807) is 30.5 Å². The first-order valence-electron chi connectivity index (χ1n) is 8.65. The molecule has 0 radical (unpaired) electrons. The molecule has 26 heavy (non-hydrogen) atoms. The molecule has 1 aromatic carbocycles. The average Bonchev–Trinajstić information content (AvgIpc) is 3.29. The average molecular weight is 353 g/mol. The Labute approximate surface area is 153 Å². The number of benzene rings is 1. The van der Waals surface area contributed by atoms with Crippen molar-refractivity contribution in [2.24, 2.45) is 0 Å². The Morgan fingerprint density at radius 3 is 2.73 bits per heavy atom. The van der Waals surface area contributed by atoms with Crippen LogP contribution < -0.4 is 10.1 Å². The number of hydrogen-bond acceptors (Lipinski definition) is 4. The molecule has 5 heteroatoms. The van der Waals surface area contributed by atoms with Gasteiger partial charge in [0, 0.05) is 0 Å².